The molecule has 112 valence electrons. The SMILES string of the molecule is CC(C)(C)C1CCN(CC(O)c2ccc(CN)cc2)C1. The zero-order valence-corrected chi connectivity index (χ0v) is 13.0. The van der Waals surface area contributed by atoms with Gasteiger partial charge in [0.2, 0.25) is 0 Å². The van der Waals surface area contributed by atoms with Crippen molar-refractivity contribution in [3.8, 4) is 0 Å². The minimum Gasteiger partial charge on any atom is -0.387 e. The maximum atomic E-state index is 10.4. The van der Waals surface area contributed by atoms with Gasteiger partial charge in [0.1, 0.15) is 0 Å². The molecule has 0 spiro atoms. The van der Waals surface area contributed by atoms with E-state index >= 15 is 0 Å². The van der Waals surface area contributed by atoms with Gasteiger partial charge in [-0.15, -0.1) is 0 Å². The van der Waals surface area contributed by atoms with Gasteiger partial charge in [0.25, 0.3) is 0 Å². The molecule has 0 aromatic heterocycles. The van der Waals surface area contributed by atoms with Crippen molar-refractivity contribution in [2.75, 3.05) is 19.6 Å². The second-order valence-electron chi connectivity index (χ2n) is 7.07. The van der Waals surface area contributed by atoms with Gasteiger partial charge in [-0.2, -0.15) is 0 Å². The third-order valence-corrected chi connectivity index (χ3v) is 4.53. The predicted octanol–water partition coefficient (Wildman–Crippen LogP) is 2.55. The summed E-state index contributed by atoms with van der Waals surface area (Å²) in [7, 11) is 0. The number of β-amino-alcohol motifs (C(OH)–C–C–N with tert-alkyl or cyclic N) is 1. The van der Waals surface area contributed by atoms with E-state index in [0.29, 0.717) is 12.0 Å². The average molecular weight is 276 g/mol. The number of nitrogens with two attached hydrogens (primary N) is 1. The van der Waals surface area contributed by atoms with E-state index in [4.69, 9.17) is 5.73 Å². The number of benzene rings is 1. The van der Waals surface area contributed by atoms with Crippen molar-refractivity contribution in [2.45, 2.75) is 39.8 Å². The fourth-order valence-corrected chi connectivity index (χ4v) is 2.93. The lowest BCUT2D eigenvalue weighted by Gasteiger charge is -2.27. The third kappa shape index (κ3) is 3.81. The van der Waals surface area contributed by atoms with E-state index in [1.807, 2.05) is 24.3 Å². The Labute approximate surface area is 122 Å². The lowest BCUT2D eigenvalue weighted by Crippen LogP contribution is -2.29. The molecule has 2 unspecified atom stereocenters. The Morgan fingerprint density at radius 3 is 2.45 bits per heavy atom. The van der Waals surface area contributed by atoms with Crippen LogP contribution in [0.25, 0.3) is 0 Å². The van der Waals surface area contributed by atoms with E-state index < -0.39 is 6.10 Å². The molecule has 3 heteroatoms. The molecule has 1 heterocycles. The highest BCUT2D eigenvalue weighted by atomic mass is 16.3. The molecule has 1 aliphatic heterocycles. The van der Waals surface area contributed by atoms with Crippen molar-refractivity contribution in [2.24, 2.45) is 17.1 Å². The molecule has 1 aliphatic rings. The maximum Gasteiger partial charge on any atom is 0.0916 e. The Balaban J connectivity index is 1.90. The van der Waals surface area contributed by atoms with Gasteiger partial charge in [0.05, 0.1) is 6.10 Å². The van der Waals surface area contributed by atoms with Crippen molar-refractivity contribution in [3.05, 3.63) is 35.4 Å². The zero-order valence-electron chi connectivity index (χ0n) is 13.0. The number of likely N-dealkylation sites (tertiary alicyclic amines) is 1. The fraction of sp³-hybridized carbons (Fsp3) is 0.647. The largest absolute Gasteiger partial charge is 0.387 e. The van der Waals surface area contributed by atoms with Crippen LogP contribution in [-0.2, 0) is 6.54 Å². The highest BCUT2D eigenvalue weighted by molar-refractivity contribution is 5.24. The van der Waals surface area contributed by atoms with Crippen molar-refractivity contribution in [1.29, 1.82) is 0 Å². The van der Waals surface area contributed by atoms with Gasteiger partial charge in [-0.3, -0.25) is 0 Å². The van der Waals surface area contributed by atoms with Crippen molar-refractivity contribution in [1.82, 2.24) is 4.90 Å². The van der Waals surface area contributed by atoms with Crippen molar-refractivity contribution < 1.29 is 5.11 Å². The van der Waals surface area contributed by atoms with Crippen LogP contribution in [0.15, 0.2) is 24.3 Å². The first-order valence-corrected chi connectivity index (χ1v) is 7.59. The first kappa shape index (κ1) is 15.5. The summed E-state index contributed by atoms with van der Waals surface area (Å²) in [5, 5.41) is 10.4. The lowest BCUT2D eigenvalue weighted by molar-refractivity contribution is 0.119. The fourth-order valence-electron chi connectivity index (χ4n) is 2.93. The van der Waals surface area contributed by atoms with E-state index in [9.17, 15) is 5.11 Å². The monoisotopic (exact) mass is 276 g/mol. The number of hydrogen-bond donors (Lipinski definition) is 2. The Hall–Kier alpha value is -0.900. The first-order valence-electron chi connectivity index (χ1n) is 7.59. The van der Waals surface area contributed by atoms with Crippen LogP contribution in [0.1, 0.15) is 44.4 Å². The molecule has 0 saturated carbocycles. The van der Waals surface area contributed by atoms with Gasteiger partial charge in [0.15, 0.2) is 0 Å². The summed E-state index contributed by atoms with van der Waals surface area (Å²) >= 11 is 0. The molecule has 1 aromatic rings. The Bertz CT molecular complexity index is 422. The van der Waals surface area contributed by atoms with E-state index in [1.54, 1.807) is 0 Å². The van der Waals surface area contributed by atoms with E-state index in [1.165, 1.54) is 6.42 Å². The van der Waals surface area contributed by atoms with Gasteiger partial charge >= 0.3 is 0 Å². The van der Waals surface area contributed by atoms with Gasteiger partial charge in [0, 0.05) is 19.6 Å². The van der Waals surface area contributed by atoms with E-state index in [2.05, 4.69) is 25.7 Å². The molecule has 0 radical (unpaired) electrons. The van der Waals surface area contributed by atoms with Gasteiger partial charge < -0.3 is 15.7 Å². The molecule has 0 amide bonds. The van der Waals surface area contributed by atoms with Gasteiger partial charge in [-0.05, 0) is 35.4 Å². The highest BCUT2D eigenvalue weighted by Gasteiger charge is 2.32. The van der Waals surface area contributed by atoms with Gasteiger partial charge in [-0.25, -0.2) is 0 Å². The second kappa shape index (κ2) is 6.25. The summed E-state index contributed by atoms with van der Waals surface area (Å²) in [6.45, 7) is 10.4. The van der Waals surface area contributed by atoms with Crippen LogP contribution in [0.2, 0.25) is 0 Å². The maximum absolute atomic E-state index is 10.4. The molecule has 2 atom stereocenters. The molecule has 0 aliphatic carbocycles. The molecule has 0 bridgehead atoms. The Kier molecular flexibility index (Phi) is 4.84. The smallest absolute Gasteiger partial charge is 0.0916 e. The van der Waals surface area contributed by atoms with Gasteiger partial charge in [-0.1, -0.05) is 45.0 Å². The second-order valence-corrected chi connectivity index (χ2v) is 7.07. The summed E-state index contributed by atoms with van der Waals surface area (Å²) in [4.78, 5) is 2.39. The molecule has 1 fully saturated rings. The molecule has 2 rings (SSSR count). The van der Waals surface area contributed by atoms with Crippen LogP contribution in [0.5, 0.6) is 0 Å². The minimum atomic E-state index is -0.402. The van der Waals surface area contributed by atoms with Crippen LogP contribution in [-0.4, -0.2) is 29.6 Å². The number of nitrogens with zero attached hydrogens (tertiary/aromatic N) is 1. The van der Waals surface area contributed by atoms with Crippen LogP contribution in [0, 0.1) is 11.3 Å². The molecular formula is C17H28N2O. The topological polar surface area (TPSA) is 49.5 Å². The summed E-state index contributed by atoms with van der Waals surface area (Å²) in [5.74, 6) is 0.731. The summed E-state index contributed by atoms with van der Waals surface area (Å²) < 4.78 is 0. The Morgan fingerprint density at radius 1 is 1.30 bits per heavy atom. The summed E-state index contributed by atoms with van der Waals surface area (Å²) in [5.41, 5.74) is 8.05. The van der Waals surface area contributed by atoms with Crippen molar-refractivity contribution >= 4 is 0 Å². The zero-order chi connectivity index (χ0) is 14.8. The van der Waals surface area contributed by atoms with Crippen molar-refractivity contribution in [3.63, 3.8) is 0 Å². The van der Waals surface area contributed by atoms with Crippen LogP contribution < -0.4 is 5.73 Å². The van der Waals surface area contributed by atoms with E-state index in [-0.39, 0.29) is 0 Å². The molecule has 1 saturated heterocycles. The molecular weight excluding hydrogens is 248 g/mol. The Morgan fingerprint density at radius 2 is 1.95 bits per heavy atom. The molecule has 3 nitrogen and oxygen atoms in total. The first-order chi connectivity index (χ1) is 9.40. The molecule has 20 heavy (non-hydrogen) atoms. The normalized spacial score (nSPS) is 22.1. The quantitative estimate of drug-likeness (QED) is 0.888. The van der Waals surface area contributed by atoms with E-state index in [0.717, 1.165) is 36.7 Å². The summed E-state index contributed by atoms with van der Waals surface area (Å²) in [6, 6.07) is 7.98. The molecule has 3 N–H and O–H groups in total. The van der Waals surface area contributed by atoms with Crippen LogP contribution in [0.4, 0.5) is 0 Å². The average Bonchev–Trinajstić information content (AvgIpc) is 2.87. The van der Waals surface area contributed by atoms with Crippen LogP contribution in [0.3, 0.4) is 0 Å². The minimum absolute atomic E-state index is 0.364. The summed E-state index contributed by atoms with van der Waals surface area (Å²) in [6.07, 6.45) is 0.836. The highest BCUT2D eigenvalue weighted by Crippen LogP contribution is 2.34. The number of rotatable bonds is 4. The third-order valence-electron chi connectivity index (χ3n) is 4.53. The predicted molar refractivity (Wildman–Crippen MR) is 83.3 cm³/mol. The lowest BCUT2D eigenvalue weighted by atomic mass is 9.80. The molecule has 1 aromatic carbocycles. The standard InChI is InChI=1S/C17H28N2O/c1-17(2,3)15-8-9-19(11-15)12-16(20)14-6-4-13(10-18)5-7-14/h4-7,15-16,20H,8-12,18H2,1-3H3. The van der Waals surface area contributed by atoms with Crippen LogP contribution >= 0.6 is 0 Å². The number of aliphatic hydroxyl groups is 1. The number of aliphatic hydroxyl groups excluding tert-OH is 1. The number of hydrogen-bond acceptors (Lipinski definition) is 3.